The summed E-state index contributed by atoms with van der Waals surface area (Å²) in [6.07, 6.45) is -2.99. The average Bonchev–Trinajstić information content (AvgIpc) is 3.59. The number of para-hydroxylation sites is 2. The second-order valence-electron chi connectivity index (χ2n) is 21.9. The van der Waals surface area contributed by atoms with Crippen LogP contribution in [0.25, 0.3) is 101 Å². The summed E-state index contributed by atoms with van der Waals surface area (Å²) < 4.78 is 60.9. The van der Waals surface area contributed by atoms with Crippen molar-refractivity contribution in [3.8, 4) is 79.0 Å². The molecule has 12 rings (SSSR count). The molecule has 0 aliphatic heterocycles. The number of fused-ring (bicyclic) bond motifs is 3. The van der Waals surface area contributed by atoms with Crippen LogP contribution in [-0.4, -0.2) is 19.1 Å². The summed E-state index contributed by atoms with van der Waals surface area (Å²) in [4.78, 5) is 10.4. The van der Waals surface area contributed by atoms with Crippen molar-refractivity contribution in [3.63, 3.8) is 0 Å². The Labute approximate surface area is 485 Å². The molecule has 81 heavy (non-hydrogen) atoms. The molecule has 0 bridgehead atoms. The number of imidazole rings is 2. The van der Waals surface area contributed by atoms with E-state index in [0.717, 1.165) is 73.5 Å². The minimum Gasteiger partial charge on any atom is -0.504 e. The van der Waals surface area contributed by atoms with E-state index < -0.39 is 11.7 Å². The summed E-state index contributed by atoms with van der Waals surface area (Å²) in [5.41, 5.74) is 16.5. The van der Waals surface area contributed by atoms with E-state index in [1.807, 2.05) is 77.4 Å². The second kappa shape index (κ2) is 22.0. The van der Waals surface area contributed by atoms with Gasteiger partial charge in [-0.05, 0) is 140 Å². The van der Waals surface area contributed by atoms with Gasteiger partial charge in [-0.2, -0.15) is 13.2 Å². The van der Waals surface area contributed by atoms with Gasteiger partial charge < -0.3 is 18.3 Å². The molecular formula is C71H59F3N4O2Pt. The number of hydrogen-bond donors (Lipinski definition) is 0. The van der Waals surface area contributed by atoms with E-state index in [-0.39, 0.29) is 56.0 Å². The fourth-order valence-electron chi connectivity index (χ4n) is 11.1. The van der Waals surface area contributed by atoms with Gasteiger partial charge in [0.15, 0.2) is 0 Å². The minimum atomic E-state index is -4.58. The number of hydrogen-bond acceptors (Lipinski definition) is 4. The van der Waals surface area contributed by atoms with Crippen molar-refractivity contribution in [2.24, 2.45) is 0 Å². The molecule has 6 nitrogen and oxygen atoms in total. The zero-order valence-electron chi connectivity index (χ0n) is 46.3. The fraction of sp³-hybridized carbons (Fsp3) is 0.183. The van der Waals surface area contributed by atoms with Crippen LogP contribution < -0.4 is 4.74 Å². The molecule has 10 heteroatoms. The molecule has 0 radical (unpaired) electrons. The zero-order chi connectivity index (χ0) is 55.6. The first-order valence-electron chi connectivity index (χ1n) is 27.4. The summed E-state index contributed by atoms with van der Waals surface area (Å²) in [6.45, 7) is 17.5. The Morgan fingerprint density at radius 2 is 0.938 bits per heavy atom. The molecular weight excluding hydrogens is 1190 g/mol. The van der Waals surface area contributed by atoms with Gasteiger partial charge in [-0.15, -0.1) is 35.4 Å². The Morgan fingerprint density at radius 3 is 1.49 bits per heavy atom. The Kier molecular flexibility index (Phi) is 14.9. The van der Waals surface area contributed by atoms with Crippen molar-refractivity contribution >= 4 is 33.0 Å². The standard InChI is InChI=1S/C71H59F3N4O2.Pt/c1-42(2)57-36-52(47-20-13-10-14-21-47)37-58(43(3)4)66(57)77-63-25-16-15-24-61(63)75-69(77)51-22-17-23-56(35-51)80-65-40-54(34-50-32-33-79-68(50)65)70-76-62-41-55(71(72,73)74)30-31-64(62)78(70)67-59(44(5)6)38-53(39-60(67)45(7)8)49-28-26-48(27-29-49)46-18-11-9-12-19-46;/h9-34,36-39,41-45H,1-8H3;/q-2;+2. The first kappa shape index (κ1) is 54.7. The van der Waals surface area contributed by atoms with Crippen LogP contribution in [0.3, 0.4) is 0 Å². The summed E-state index contributed by atoms with van der Waals surface area (Å²) in [7, 11) is 0. The average molecular weight is 1250 g/mol. The van der Waals surface area contributed by atoms with Crippen LogP contribution >= 0.6 is 0 Å². The number of rotatable bonds is 13. The van der Waals surface area contributed by atoms with Crippen LogP contribution in [0.4, 0.5) is 13.2 Å². The monoisotopic (exact) mass is 1250 g/mol. The predicted octanol–water partition coefficient (Wildman–Crippen LogP) is 20.3. The molecule has 0 N–H and O–H groups in total. The number of alkyl halides is 3. The van der Waals surface area contributed by atoms with Crippen LogP contribution in [0.2, 0.25) is 0 Å². The van der Waals surface area contributed by atoms with E-state index in [9.17, 15) is 13.2 Å². The van der Waals surface area contributed by atoms with Crippen LogP contribution in [0.5, 0.6) is 11.5 Å². The van der Waals surface area contributed by atoms with Crippen LogP contribution in [-0.2, 0) is 27.2 Å². The molecule has 406 valence electrons. The summed E-state index contributed by atoms with van der Waals surface area (Å²) in [5, 5.41) is 0.699. The van der Waals surface area contributed by atoms with Gasteiger partial charge in [0.25, 0.3) is 0 Å². The number of furan rings is 1. The molecule has 0 aliphatic rings. The molecule has 0 fully saturated rings. The number of ether oxygens (including phenoxy) is 1. The topological polar surface area (TPSA) is 58.0 Å². The quantitative estimate of drug-likeness (QED) is 0.108. The second-order valence-corrected chi connectivity index (χ2v) is 21.9. The Hall–Kier alpha value is -8.26. The molecule has 3 aromatic heterocycles. The Bertz CT molecular complexity index is 4210. The third kappa shape index (κ3) is 10.3. The van der Waals surface area contributed by atoms with Gasteiger partial charge in [-0.1, -0.05) is 170 Å². The molecule has 9 aromatic carbocycles. The van der Waals surface area contributed by atoms with E-state index >= 15 is 0 Å². The number of benzene rings is 9. The van der Waals surface area contributed by atoms with Crippen LogP contribution in [0, 0.1) is 12.1 Å². The SMILES string of the molecule is CC(C)c1cc(-c2ccccc2)cc(C(C)C)c1-n1c(-c2[c-]c(Oc3[c-]c(-c4nc5cc(C(F)(F)F)ccc5n4-c4c(C(C)C)cc(-c5ccc(-c6ccccc6)cc5)cc4C(C)C)cc4ccoc34)ccc2)nc2ccccc21.[Pt+2]. The molecule has 0 saturated carbocycles. The summed E-state index contributed by atoms with van der Waals surface area (Å²) >= 11 is 0. The normalized spacial score (nSPS) is 12.0. The maximum Gasteiger partial charge on any atom is 2.00 e. The third-order valence-electron chi connectivity index (χ3n) is 15.2. The van der Waals surface area contributed by atoms with E-state index in [2.05, 4.69) is 163 Å². The Morgan fingerprint density at radius 1 is 0.457 bits per heavy atom. The van der Waals surface area contributed by atoms with Gasteiger partial charge in [0.1, 0.15) is 0 Å². The van der Waals surface area contributed by atoms with Crippen molar-refractivity contribution in [2.75, 3.05) is 0 Å². The smallest absolute Gasteiger partial charge is 0.504 e. The van der Waals surface area contributed by atoms with Gasteiger partial charge in [0.2, 0.25) is 0 Å². The molecule has 0 saturated heterocycles. The van der Waals surface area contributed by atoms with E-state index in [0.29, 0.717) is 45.0 Å². The van der Waals surface area contributed by atoms with Gasteiger partial charge in [0, 0.05) is 17.1 Å². The zero-order valence-corrected chi connectivity index (χ0v) is 48.5. The van der Waals surface area contributed by atoms with Crippen molar-refractivity contribution in [2.45, 2.75) is 85.2 Å². The van der Waals surface area contributed by atoms with Gasteiger partial charge in [0.05, 0.1) is 56.9 Å². The number of aromatic nitrogens is 4. The third-order valence-corrected chi connectivity index (χ3v) is 15.2. The maximum absolute atomic E-state index is 14.5. The predicted molar refractivity (Wildman–Crippen MR) is 318 cm³/mol. The summed E-state index contributed by atoms with van der Waals surface area (Å²) in [6, 6.07) is 67.1. The van der Waals surface area contributed by atoms with Crippen molar-refractivity contribution in [1.29, 1.82) is 0 Å². The molecule has 0 unspecified atom stereocenters. The van der Waals surface area contributed by atoms with E-state index in [1.165, 1.54) is 22.8 Å². The first-order valence-corrected chi connectivity index (χ1v) is 27.4. The largest absolute Gasteiger partial charge is 2.00 e. The molecule has 0 atom stereocenters. The molecule has 0 amide bonds. The Balaban J connectivity index is 0.00000690. The molecule has 0 aliphatic carbocycles. The van der Waals surface area contributed by atoms with Gasteiger partial charge >= 0.3 is 27.2 Å². The van der Waals surface area contributed by atoms with Crippen molar-refractivity contribution < 1.29 is 43.4 Å². The van der Waals surface area contributed by atoms with Crippen LogP contribution in [0.1, 0.15) is 107 Å². The maximum atomic E-state index is 14.5. The number of nitrogens with zero attached hydrogens (tertiary/aromatic N) is 4. The number of halogens is 3. The van der Waals surface area contributed by atoms with Crippen molar-refractivity contribution in [1.82, 2.24) is 19.1 Å². The molecule has 12 aromatic rings. The summed E-state index contributed by atoms with van der Waals surface area (Å²) in [5.74, 6) is 2.12. The van der Waals surface area contributed by atoms with Gasteiger partial charge in [-0.25, -0.2) is 0 Å². The fourth-order valence-corrected chi connectivity index (χ4v) is 11.1. The van der Waals surface area contributed by atoms with E-state index in [4.69, 9.17) is 19.1 Å². The van der Waals surface area contributed by atoms with Crippen LogP contribution in [0.15, 0.2) is 193 Å². The molecule has 0 spiro atoms. The minimum absolute atomic E-state index is 0. The van der Waals surface area contributed by atoms with Gasteiger partial charge in [-0.3, -0.25) is 9.97 Å². The first-order chi connectivity index (χ1) is 38.6. The van der Waals surface area contributed by atoms with Crippen molar-refractivity contribution in [3.05, 3.63) is 228 Å². The van der Waals surface area contributed by atoms with E-state index in [1.54, 1.807) is 6.26 Å². The molecule has 3 heterocycles.